The Morgan fingerprint density at radius 3 is 2.42 bits per heavy atom. The Bertz CT molecular complexity index is 189. The molecule has 3 rings (SSSR count). The van der Waals surface area contributed by atoms with Crippen LogP contribution in [0.2, 0.25) is 0 Å². The summed E-state index contributed by atoms with van der Waals surface area (Å²) in [7, 11) is 0. The van der Waals surface area contributed by atoms with Crippen molar-refractivity contribution in [3.63, 3.8) is 0 Å². The molecule has 2 bridgehead atoms. The maximum Gasteiger partial charge on any atom is 0.0127 e. The molecule has 68 valence electrons. The molecule has 1 nitrogen and oxygen atoms in total. The smallest absolute Gasteiger partial charge is 0.0127 e. The Morgan fingerprint density at radius 2 is 1.83 bits per heavy atom. The van der Waals surface area contributed by atoms with Crippen molar-refractivity contribution < 1.29 is 0 Å². The molecule has 3 aliphatic carbocycles. The fourth-order valence-electron chi connectivity index (χ4n) is 4.38. The number of hydrogen-bond acceptors (Lipinski definition) is 1. The van der Waals surface area contributed by atoms with Gasteiger partial charge in [0.1, 0.15) is 0 Å². The molecule has 3 aliphatic rings. The number of fused-ring (bicyclic) bond motifs is 3. The zero-order valence-corrected chi connectivity index (χ0v) is 7.76. The van der Waals surface area contributed by atoms with Gasteiger partial charge in [0.25, 0.3) is 0 Å². The molecule has 3 unspecified atom stereocenters. The number of nitrogens with two attached hydrogens (primary N) is 1. The first-order chi connectivity index (χ1) is 5.83. The minimum Gasteiger partial charge on any atom is -0.327 e. The van der Waals surface area contributed by atoms with Crippen LogP contribution in [0, 0.1) is 17.3 Å². The summed E-state index contributed by atoms with van der Waals surface area (Å²) in [6.07, 6.45) is 10.2. The summed E-state index contributed by atoms with van der Waals surface area (Å²) in [6.45, 7) is 0. The Balaban J connectivity index is 1.94. The second kappa shape index (κ2) is 2.25. The number of rotatable bonds is 0. The second-order valence-corrected chi connectivity index (χ2v) is 5.24. The molecular weight excluding hydrogens is 146 g/mol. The van der Waals surface area contributed by atoms with Crippen LogP contribution in [0.4, 0.5) is 0 Å². The third-order valence-electron chi connectivity index (χ3n) is 4.99. The highest BCUT2D eigenvalue weighted by Crippen LogP contribution is 2.61. The Hall–Kier alpha value is -0.0400. The largest absolute Gasteiger partial charge is 0.327 e. The zero-order chi connectivity index (χ0) is 8.18. The molecule has 0 saturated heterocycles. The molecule has 3 atom stereocenters. The van der Waals surface area contributed by atoms with Gasteiger partial charge < -0.3 is 5.73 Å². The van der Waals surface area contributed by atoms with Crippen molar-refractivity contribution in [3.05, 3.63) is 0 Å². The van der Waals surface area contributed by atoms with E-state index in [9.17, 15) is 0 Å². The molecule has 0 aliphatic heterocycles. The summed E-state index contributed by atoms with van der Waals surface area (Å²) in [5, 5.41) is 0. The number of hydrogen-bond donors (Lipinski definition) is 1. The van der Waals surface area contributed by atoms with Crippen LogP contribution >= 0.6 is 0 Å². The summed E-state index contributed by atoms with van der Waals surface area (Å²) < 4.78 is 0. The van der Waals surface area contributed by atoms with Crippen molar-refractivity contribution in [1.29, 1.82) is 0 Å². The van der Waals surface area contributed by atoms with E-state index in [1.165, 1.54) is 44.9 Å². The van der Waals surface area contributed by atoms with Crippen LogP contribution in [0.5, 0.6) is 0 Å². The van der Waals surface area contributed by atoms with Crippen molar-refractivity contribution in [3.8, 4) is 0 Å². The normalized spacial score (nSPS) is 49.2. The van der Waals surface area contributed by atoms with Crippen molar-refractivity contribution in [1.82, 2.24) is 0 Å². The highest BCUT2D eigenvalue weighted by atomic mass is 14.8. The highest BCUT2D eigenvalue weighted by molar-refractivity contribution is 5.09. The monoisotopic (exact) mass is 165 g/mol. The van der Waals surface area contributed by atoms with Gasteiger partial charge in [0.15, 0.2) is 0 Å². The fourth-order valence-corrected chi connectivity index (χ4v) is 4.38. The summed E-state index contributed by atoms with van der Waals surface area (Å²) in [6, 6.07) is 0.582. The first-order valence-corrected chi connectivity index (χ1v) is 5.58. The minimum atomic E-state index is 0.582. The zero-order valence-electron chi connectivity index (χ0n) is 7.76. The third kappa shape index (κ3) is 0.693. The highest BCUT2D eigenvalue weighted by Gasteiger charge is 2.56. The Morgan fingerprint density at radius 1 is 1.08 bits per heavy atom. The lowest BCUT2D eigenvalue weighted by Crippen LogP contribution is -2.44. The lowest BCUT2D eigenvalue weighted by molar-refractivity contribution is 0.139. The summed E-state index contributed by atoms with van der Waals surface area (Å²) in [5.74, 6) is 1.94. The van der Waals surface area contributed by atoms with Crippen molar-refractivity contribution in [2.24, 2.45) is 23.0 Å². The van der Waals surface area contributed by atoms with Gasteiger partial charge in [0, 0.05) is 6.04 Å². The molecule has 1 spiro atoms. The van der Waals surface area contributed by atoms with Gasteiger partial charge in [0.2, 0.25) is 0 Å². The predicted molar refractivity (Wildman–Crippen MR) is 49.7 cm³/mol. The van der Waals surface area contributed by atoms with Crippen molar-refractivity contribution in [2.75, 3.05) is 0 Å². The lowest BCUT2D eigenvalue weighted by atomic mass is 9.69. The minimum absolute atomic E-state index is 0.582. The molecule has 0 aromatic carbocycles. The van der Waals surface area contributed by atoms with Crippen LogP contribution in [0.1, 0.15) is 44.9 Å². The van der Waals surface area contributed by atoms with Crippen LogP contribution in [0.15, 0.2) is 0 Å². The first kappa shape index (κ1) is 7.37. The maximum atomic E-state index is 6.36. The van der Waals surface area contributed by atoms with E-state index in [-0.39, 0.29) is 0 Å². The quantitative estimate of drug-likeness (QED) is 0.585. The van der Waals surface area contributed by atoms with E-state index in [1.54, 1.807) is 0 Å². The van der Waals surface area contributed by atoms with Crippen LogP contribution < -0.4 is 5.73 Å². The summed E-state index contributed by atoms with van der Waals surface area (Å²) in [5.41, 5.74) is 7.00. The molecule has 12 heavy (non-hydrogen) atoms. The van der Waals surface area contributed by atoms with E-state index < -0.39 is 0 Å². The molecule has 3 saturated carbocycles. The average molecular weight is 165 g/mol. The van der Waals surface area contributed by atoms with Gasteiger partial charge in [-0.2, -0.15) is 0 Å². The lowest BCUT2D eigenvalue weighted by Gasteiger charge is -2.39. The van der Waals surface area contributed by atoms with E-state index in [1.807, 2.05) is 0 Å². The molecule has 0 heterocycles. The van der Waals surface area contributed by atoms with Gasteiger partial charge >= 0.3 is 0 Å². The second-order valence-electron chi connectivity index (χ2n) is 5.24. The molecule has 0 aromatic rings. The van der Waals surface area contributed by atoms with Crippen LogP contribution in [0.3, 0.4) is 0 Å². The molecule has 3 fully saturated rings. The van der Waals surface area contributed by atoms with E-state index >= 15 is 0 Å². The molecule has 0 aromatic heterocycles. The van der Waals surface area contributed by atoms with Gasteiger partial charge in [-0.25, -0.2) is 0 Å². The summed E-state index contributed by atoms with van der Waals surface area (Å²) in [4.78, 5) is 0. The van der Waals surface area contributed by atoms with Gasteiger partial charge in [-0.05, 0) is 49.4 Å². The standard InChI is InChI=1S/C11H19N/c12-10-8-3-4-9(7-8)11(10)5-1-2-6-11/h8-10H,1-7,12H2. The van der Waals surface area contributed by atoms with E-state index in [2.05, 4.69) is 0 Å². The average Bonchev–Trinajstić information content (AvgIpc) is 2.75. The Labute approximate surface area is 74.7 Å². The molecule has 2 N–H and O–H groups in total. The van der Waals surface area contributed by atoms with Crippen LogP contribution in [0.25, 0.3) is 0 Å². The van der Waals surface area contributed by atoms with E-state index in [0.29, 0.717) is 11.5 Å². The Kier molecular flexibility index (Phi) is 1.39. The maximum absolute atomic E-state index is 6.36. The molecule has 0 amide bonds. The van der Waals surface area contributed by atoms with Gasteiger partial charge in [0.05, 0.1) is 0 Å². The SMILES string of the molecule is NC1C2CCC(C2)C12CCCC2. The van der Waals surface area contributed by atoms with Gasteiger partial charge in [-0.15, -0.1) is 0 Å². The van der Waals surface area contributed by atoms with Crippen molar-refractivity contribution >= 4 is 0 Å². The molecule has 0 radical (unpaired) electrons. The molecule has 1 heteroatoms. The van der Waals surface area contributed by atoms with Crippen LogP contribution in [-0.2, 0) is 0 Å². The van der Waals surface area contributed by atoms with E-state index in [0.717, 1.165) is 11.8 Å². The summed E-state index contributed by atoms with van der Waals surface area (Å²) >= 11 is 0. The third-order valence-corrected chi connectivity index (χ3v) is 4.99. The van der Waals surface area contributed by atoms with Gasteiger partial charge in [-0.1, -0.05) is 12.8 Å². The first-order valence-electron chi connectivity index (χ1n) is 5.58. The van der Waals surface area contributed by atoms with Gasteiger partial charge in [-0.3, -0.25) is 0 Å². The van der Waals surface area contributed by atoms with E-state index in [4.69, 9.17) is 5.73 Å². The van der Waals surface area contributed by atoms with Crippen molar-refractivity contribution in [2.45, 2.75) is 51.0 Å². The molecular formula is C11H19N. The van der Waals surface area contributed by atoms with Crippen LogP contribution in [-0.4, -0.2) is 6.04 Å². The predicted octanol–water partition coefficient (Wildman–Crippen LogP) is 2.30. The fraction of sp³-hybridized carbons (Fsp3) is 1.00. The topological polar surface area (TPSA) is 26.0 Å².